The molecule has 0 radical (unpaired) electrons. The van der Waals surface area contributed by atoms with E-state index in [-0.39, 0.29) is 11.8 Å². The minimum absolute atomic E-state index is 0.0259. The first-order valence-electron chi connectivity index (χ1n) is 5.58. The first-order valence-corrected chi connectivity index (χ1v) is 6.98. The number of carbonyl (C=O) groups excluding carboxylic acids is 2. The second-order valence-electron chi connectivity index (χ2n) is 4.31. The van der Waals surface area contributed by atoms with Gasteiger partial charge in [0.15, 0.2) is 0 Å². The molecule has 1 aliphatic heterocycles. The van der Waals surface area contributed by atoms with E-state index >= 15 is 0 Å². The summed E-state index contributed by atoms with van der Waals surface area (Å²) < 4.78 is 0. The molecule has 1 N–H and O–H groups in total. The van der Waals surface area contributed by atoms with Gasteiger partial charge in [0.1, 0.15) is 11.6 Å². The van der Waals surface area contributed by atoms with E-state index in [2.05, 4.69) is 5.32 Å². The molecular weight excluding hydrogens is 224 g/mol. The maximum absolute atomic E-state index is 12.1. The van der Waals surface area contributed by atoms with Crippen LogP contribution in [0, 0.1) is 0 Å². The van der Waals surface area contributed by atoms with Crippen LogP contribution in [0.5, 0.6) is 0 Å². The monoisotopic (exact) mass is 244 g/mol. The van der Waals surface area contributed by atoms with Crippen LogP contribution in [-0.4, -0.2) is 46.8 Å². The molecule has 2 atom stereocenters. The molecule has 0 spiro atoms. The Hall–Kier alpha value is -0.710. The fourth-order valence-corrected chi connectivity index (χ4v) is 2.27. The summed E-state index contributed by atoms with van der Waals surface area (Å²) in [5.41, 5.74) is -0.681. The molecule has 4 nitrogen and oxygen atoms in total. The van der Waals surface area contributed by atoms with E-state index in [0.29, 0.717) is 13.0 Å². The van der Waals surface area contributed by atoms with E-state index in [0.717, 1.165) is 5.75 Å². The van der Waals surface area contributed by atoms with Crippen molar-refractivity contribution in [2.24, 2.45) is 0 Å². The van der Waals surface area contributed by atoms with E-state index in [1.54, 1.807) is 23.6 Å². The summed E-state index contributed by atoms with van der Waals surface area (Å²) in [6, 6.07) is -0.394. The second-order valence-corrected chi connectivity index (χ2v) is 5.29. The van der Waals surface area contributed by atoms with Gasteiger partial charge in [0, 0.05) is 12.3 Å². The topological polar surface area (TPSA) is 49.4 Å². The molecule has 92 valence electrons. The maximum Gasteiger partial charge on any atom is 0.246 e. The van der Waals surface area contributed by atoms with Crippen molar-refractivity contribution in [3.63, 3.8) is 0 Å². The first-order chi connectivity index (χ1) is 7.47. The highest BCUT2D eigenvalue weighted by atomic mass is 32.2. The number of nitrogens with zero attached hydrogens (tertiary/aromatic N) is 1. The summed E-state index contributed by atoms with van der Waals surface area (Å²) in [6.07, 6.45) is 2.65. The number of amides is 2. The zero-order valence-electron chi connectivity index (χ0n) is 10.4. The Labute approximate surface area is 101 Å². The fourth-order valence-electron chi connectivity index (χ4n) is 1.90. The second kappa shape index (κ2) is 5.08. The molecule has 1 saturated heterocycles. The number of piperazine rings is 1. The summed E-state index contributed by atoms with van der Waals surface area (Å²) in [4.78, 5) is 25.7. The largest absolute Gasteiger partial charge is 0.343 e. The van der Waals surface area contributed by atoms with Gasteiger partial charge in [-0.3, -0.25) is 9.59 Å². The molecule has 2 unspecified atom stereocenters. The van der Waals surface area contributed by atoms with Gasteiger partial charge in [0.2, 0.25) is 11.8 Å². The maximum atomic E-state index is 12.1. The predicted octanol–water partition coefficient (Wildman–Crippen LogP) is 0.865. The summed E-state index contributed by atoms with van der Waals surface area (Å²) >= 11 is 1.69. The van der Waals surface area contributed by atoms with Crippen molar-refractivity contribution in [2.45, 2.75) is 38.8 Å². The normalized spacial score (nSPS) is 30.5. The van der Waals surface area contributed by atoms with Gasteiger partial charge in [0.25, 0.3) is 0 Å². The highest BCUT2D eigenvalue weighted by molar-refractivity contribution is 7.98. The molecule has 1 fully saturated rings. The molecule has 5 heteroatoms. The van der Waals surface area contributed by atoms with E-state index in [1.165, 1.54) is 0 Å². The van der Waals surface area contributed by atoms with Crippen LogP contribution in [0.3, 0.4) is 0 Å². The van der Waals surface area contributed by atoms with Crippen LogP contribution in [-0.2, 0) is 9.59 Å². The molecule has 16 heavy (non-hydrogen) atoms. The molecule has 0 saturated carbocycles. The van der Waals surface area contributed by atoms with Gasteiger partial charge in [-0.15, -0.1) is 0 Å². The van der Waals surface area contributed by atoms with Crippen molar-refractivity contribution in [1.29, 1.82) is 0 Å². The SMILES string of the molecule is CCC1(C)C(=O)NC(C)C(=O)N1CCSC. The minimum atomic E-state index is -0.681. The Morgan fingerprint density at radius 1 is 1.50 bits per heavy atom. The average molecular weight is 244 g/mol. The molecular formula is C11H20N2O2S. The number of carbonyl (C=O) groups is 2. The van der Waals surface area contributed by atoms with Crippen molar-refractivity contribution >= 4 is 23.6 Å². The number of hydrogen-bond acceptors (Lipinski definition) is 3. The summed E-state index contributed by atoms with van der Waals surface area (Å²) in [5, 5.41) is 2.74. The Kier molecular flexibility index (Phi) is 4.24. The van der Waals surface area contributed by atoms with Crippen molar-refractivity contribution in [2.75, 3.05) is 18.6 Å². The molecule has 0 bridgehead atoms. The van der Waals surface area contributed by atoms with Crippen LogP contribution in [0.1, 0.15) is 27.2 Å². The summed E-state index contributed by atoms with van der Waals surface area (Å²) in [6.45, 7) is 6.16. The Bertz CT molecular complexity index is 296. The van der Waals surface area contributed by atoms with Crippen molar-refractivity contribution in [3.05, 3.63) is 0 Å². The average Bonchev–Trinajstić information content (AvgIpc) is 2.26. The first kappa shape index (κ1) is 13.4. The minimum Gasteiger partial charge on any atom is -0.343 e. The van der Waals surface area contributed by atoms with Gasteiger partial charge in [-0.2, -0.15) is 11.8 Å². The van der Waals surface area contributed by atoms with Crippen molar-refractivity contribution in [3.8, 4) is 0 Å². The Balaban J connectivity index is 2.93. The molecule has 0 aromatic rings. The summed E-state index contributed by atoms with van der Waals surface area (Å²) in [7, 11) is 0. The third-order valence-corrected chi connectivity index (χ3v) is 3.87. The lowest BCUT2D eigenvalue weighted by molar-refractivity contribution is -0.155. The smallest absolute Gasteiger partial charge is 0.246 e. The molecule has 1 rings (SSSR count). The number of thioether (sulfide) groups is 1. The lowest BCUT2D eigenvalue weighted by Crippen LogP contribution is -2.68. The van der Waals surface area contributed by atoms with Crippen LogP contribution in [0.4, 0.5) is 0 Å². The molecule has 1 heterocycles. The predicted molar refractivity (Wildman–Crippen MR) is 66.4 cm³/mol. The molecule has 0 aromatic heterocycles. The fraction of sp³-hybridized carbons (Fsp3) is 0.818. The lowest BCUT2D eigenvalue weighted by Gasteiger charge is -2.45. The lowest BCUT2D eigenvalue weighted by atomic mass is 9.91. The van der Waals surface area contributed by atoms with Gasteiger partial charge in [-0.1, -0.05) is 6.92 Å². The third-order valence-electron chi connectivity index (χ3n) is 3.28. The van der Waals surface area contributed by atoms with Crippen LogP contribution < -0.4 is 5.32 Å². The molecule has 0 aliphatic carbocycles. The number of hydrogen-bond donors (Lipinski definition) is 1. The van der Waals surface area contributed by atoms with E-state index < -0.39 is 11.6 Å². The molecule has 2 amide bonds. The van der Waals surface area contributed by atoms with Crippen LogP contribution in [0.2, 0.25) is 0 Å². The Morgan fingerprint density at radius 2 is 2.12 bits per heavy atom. The Morgan fingerprint density at radius 3 is 2.62 bits per heavy atom. The highest BCUT2D eigenvalue weighted by Crippen LogP contribution is 2.25. The zero-order chi connectivity index (χ0) is 12.3. The van der Waals surface area contributed by atoms with E-state index in [9.17, 15) is 9.59 Å². The van der Waals surface area contributed by atoms with Crippen LogP contribution in [0.25, 0.3) is 0 Å². The van der Waals surface area contributed by atoms with Crippen molar-refractivity contribution in [1.82, 2.24) is 10.2 Å². The van der Waals surface area contributed by atoms with Gasteiger partial charge >= 0.3 is 0 Å². The number of rotatable bonds is 4. The molecule has 1 aliphatic rings. The van der Waals surface area contributed by atoms with Gasteiger partial charge in [-0.25, -0.2) is 0 Å². The van der Waals surface area contributed by atoms with Gasteiger partial charge < -0.3 is 10.2 Å². The van der Waals surface area contributed by atoms with E-state index in [4.69, 9.17) is 0 Å². The van der Waals surface area contributed by atoms with Gasteiger partial charge in [0.05, 0.1) is 0 Å². The zero-order valence-corrected chi connectivity index (χ0v) is 11.2. The standard InChI is InChI=1S/C11H20N2O2S/c1-5-11(3)10(15)12-8(2)9(14)13(11)6-7-16-4/h8H,5-7H2,1-4H3,(H,12,15). The molecule has 0 aromatic carbocycles. The quantitative estimate of drug-likeness (QED) is 0.798. The van der Waals surface area contributed by atoms with Crippen LogP contribution in [0.15, 0.2) is 0 Å². The van der Waals surface area contributed by atoms with Crippen LogP contribution >= 0.6 is 11.8 Å². The highest BCUT2D eigenvalue weighted by Gasteiger charge is 2.46. The van der Waals surface area contributed by atoms with Gasteiger partial charge in [-0.05, 0) is 26.5 Å². The van der Waals surface area contributed by atoms with Crippen molar-refractivity contribution < 1.29 is 9.59 Å². The van der Waals surface area contributed by atoms with E-state index in [1.807, 2.05) is 20.1 Å². The number of nitrogens with one attached hydrogen (secondary N) is 1. The third kappa shape index (κ3) is 2.19. The summed E-state index contributed by atoms with van der Waals surface area (Å²) in [5.74, 6) is 0.850.